The molecule has 0 unspecified atom stereocenters. The van der Waals surface area contributed by atoms with Gasteiger partial charge in [0.05, 0.1) is 18.6 Å². The van der Waals surface area contributed by atoms with Gasteiger partial charge >= 0.3 is 5.97 Å². The number of benzene rings is 2. The summed E-state index contributed by atoms with van der Waals surface area (Å²) in [7, 11) is -3.72. The molecule has 0 saturated carbocycles. The number of carbonyl (C=O) groups is 1. The second-order valence-corrected chi connectivity index (χ2v) is 8.69. The summed E-state index contributed by atoms with van der Waals surface area (Å²) in [4.78, 5) is 12.7. The first-order valence-electron chi connectivity index (χ1n) is 9.48. The topological polar surface area (TPSA) is 97.1 Å². The molecule has 0 fully saturated rings. The predicted octanol–water partition coefficient (Wildman–Crippen LogP) is 4.46. The maximum atomic E-state index is 13.4. The molecule has 1 heterocycles. The van der Waals surface area contributed by atoms with Gasteiger partial charge in [-0.2, -0.15) is 0 Å². The van der Waals surface area contributed by atoms with Gasteiger partial charge in [-0.05, 0) is 43.7 Å². The summed E-state index contributed by atoms with van der Waals surface area (Å²) < 4.78 is 50.0. The number of hydrogen-bond donors (Lipinski definition) is 1. The van der Waals surface area contributed by atoms with Crippen LogP contribution in [0.15, 0.2) is 53.5 Å². The van der Waals surface area contributed by atoms with Crippen LogP contribution in [0.5, 0.6) is 5.75 Å². The number of ether oxygens (including phenoxy) is 1. The average Bonchev–Trinajstić information content (AvgIpc) is 3.06. The van der Waals surface area contributed by atoms with Gasteiger partial charge in [-0.15, -0.1) is 6.58 Å². The van der Waals surface area contributed by atoms with Crippen molar-refractivity contribution < 1.29 is 31.9 Å². The van der Waals surface area contributed by atoms with E-state index in [0.717, 1.165) is 10.6 Å². The van der Waals surface area contributed by atoms with E-state index in [1.807, 2.05) is 0 Å². The van der Waals surface area contributed by atoms with Gasteiger partial charge in [0.15, 0.2) is 0 Å². The van der Waals surface area contributed by atoms with Gasteiger partial charge in [-0.3, -0.25) is 4.31 Å². The normalized spacial score (nSPS) is 11.5. The van der Waals surface area contributed by atoms with E-state index in [0.29, 0.717) is 12.0 Å². The van der Waals surface area contributed by atoms with Crippen LogP contribution in [0, 0.1) is 5.82 Å². The number of fused-ring (bicyclic) bond motifs is 1. The quantitative estimate of drug-likeness (QED) is 0.404. The first-order chi connectivity index (χ1) is 14.7. The van der Waals surface area contributed by atoms with Crippen LogP contribution < -0.4 is 4.31 Å². The number of hydrogen-bond acceptors (Lipinski definition) is 6. The van der Waals surface area contributed by atoms with Gasteiger partial charge in [-0.1, -0.05) is 6.08 Å². The van der Waals surface area contributed by atoms with Crippen LogP contribution in [0.4, 0.5) is 10.1 Å². The molecular weight excluding hydrogens is 425 g/mol. The molecule has 3 aromatic rings. The Morgan fingerprint density at radius 3 is 2.55 bits per heavy atom. The Hall–Kier alpha value is -3.33. The van der Waals surface area contributed by atoms with E-state index < -0.39 is 21.8 Å². The zero-order chi connectivity index (χ0) is 22.8. The molecule has 0 saturated heterocycles. The Balaban J connectivity index is 2.26. The standard InChI is InChI=1S/C22H22FNO6S/c1-4-6-11-24(31(3,27)28)17-13-19-16(12-18(17)25)20(22(26)29-5-2)21(30-19)14-7-9-15(23)10-8-14/h4,7-10,12-13,25H,1,5-6,11H2,2-3H3. The number of halogens is 1. The number of furan rings is 1. The molecule has 164 valence electrons. The lowest BCUT2D eigenvalue weighted by atomic mass is 10.0. The molecule has 0 spiro atoms. The number of carbonyl (C=O) groups excluding carboxylic acids is 1. The van der Waals surface area contributed by atoms with Crippen molar-refractivity contribution in [2.24, 2.45) is 0 Å². The summed E-state index contributed by atoms with van der Waals surface area (Å²) in [6, 6.07) is 7.96. The van der Waals surface area contributed by atoms with Crippen LogP contribution in [0.3, 0.4) is 0 Å². The number of esters is 1. The Labute approximate surface area is 179 Å². The van der Waals surface area contributed by atoms with Gasteiger partial charge in [0.1, 0.15) is 28.5 Å². The highest BCUT2D eigenvalue weighted by atomic mass is 32.2. The van der Waals surface area contributed by atoms with Gasteiger partial charge in [-0.25, -0.2) is 17.6 Å². The third-order valence-electron chi connectivity index (χ3n) is 4.58. The number of nitrogens with zero attached hydrogens (tertiary/aromatic N) is 1. The molecule has 0 amide bonds. The van der Waals surface area contributed by atoms with Crippen molar-refractivity contribution in [3.8, 4) is 17.1 Å². The summed E-state index contributed by atoms with van der Waals surface area (Å²) >= 11 is 0. The maximum Gasteiger partial charge on any atom is 0.342 e. The fourth-order valence-electron chi connectivity index (χ4n) is 3.20. The third kappa shape index (κ3) is 4.56. The highest BCUT2D eigenvalue weighted by Gasteiger charge is 2.27. The second kappa shape index (κ2) is 8.81. The Morgan fingerprint density at radius 2 is 1.97 bits per heavy atom. The van der Waals surface area contributed by atoms with Crippen LogP contribution >= 0.6 is 0 Å². The molecule has 0 aliphatic rings. The molecule has 1 aromatic heterocycles. The number of rotatable bonds is 8. The highest BCUT2D eigenvalue weighted by molar-refractivity contribution is 7.92. The zero-order valence-corrected chi connectivity index (χ0v) is 17.9. The predicted molar refractivity (Wildman–Crippen MR) is 116 cm³/mol. The molecule has 0 aliphatic heterocycles. The fraction of sp³-hybridized carbons (Fsp3) is 0.227. The SMILES string of the molecule is C=CCCN(c1cc2oc(-c3ccc(F)cc3)c(C(=O)OCC)c2cc1O)S(C)(=O)=O. The Kier molecular flexibility index (Phi) is 6.35. The monoisotopic (exact) mass is 447 g/mol. The lowest BCUT2D eigenvalue weighted by Gasteiger charge is -2.22. The molecule has 0 aliphatic carbocycles. The largest absolute Gasteiger partial charge is 0.506 e. The van der Waals surface area contributed by atoms with Gasteiger partial charge < -0.3 is 14.3 Å². The Bertz CT molecular complexity index is 1230. The Morgan fingerprint density at radius 1 is 1.29 bits per heavy atom. The fourth-order valence-corrected chi connectivity index (χ4v) is 4.15. The van der Waals surface area contributed by atoms with E-state index in [4.69, 9.17) is 9.15 Å². The first-order valence-corrected chi connectivity index (χ1v) is 11.3. The molecule has 0 radical (unpaired) electrons. The smallest absolute Gasteiger partial charge is 0.342 e. The van der Waals surface area contributed by atoms with E-state index in [1.165, 1.54) is 36.4 Å². The van der Waals surface area contributed by atoms with E-state index in [2.05, 4.69) is 6.58 Å². The summed E-state index contributed by atoms with van der Waals surface area (Å²) in [6.07, 6.45) is 2.94. The van der Waals surface area contributed by atoms with Gasteiger partial charge in [0, 0.05) is 23.6 Å². The minimum absolute atomic E-state index is 0.00617. The van der Waals surface area contributed by atoms with Crippen molar-refractivity contribution in [2.75, 3.05) is 23.7 Å². The first kappa shape index (κ1) is 22.4. The minimum Gasteiger partial charge on any atom is -0.506 e. The molecule has 2 aromatic carbocycles. The molecular formula is C22H22FNO6S. The molecule has 1 N–H and O–H groups in total. The summed E-state index contributed by atoms with van der Waals surface area (Å²) in [5, 5.41) is 10.9. The number of phenols is 1. The number of anilines is 1. The van der Waals surface area contributed by atoms with Crippen molar-refractivity contribution in [1.82, 2.24) is 0 Å². The number of aromatic hydroxyl groups is 1. The molecule has 31 heavy (non-hydrogen) atoms. The van der Waals surface area contributed by atoms with Crippen LogP contribution in [-0.4, -0.2) is 38.9 Å². The lowest BCUT2D eigenvalue weighted by Crippen LogP contribution is -2.30. The number of sulfonamides is 1. The van der Waals surface area contributed by atoms with E-state index in [9.17, 15) is 22.7 Å². The highest BCUT2D eigenvalue weighted by Crippen LogP contribution is 2.40. The van der Waals surface area contributed by atoms with Crippen molar-refractivity contribution in [3.05, 3.63) is 60.4 Å². The van der Waals surface area contributed by atoms with Crippen LogP contribution in [0.25, 0.3) is 22.3 Å². The van der Waals surface area contributed by atoms with E-state index in [-0.39, 0.29) is 46.9 Å². The summed E-state index contributed by atoms with van der Waals surface area (Å²) in [5.74, 6) is -1.36. The summed E-state index contributed by atoms with van der Waals surface area (Å²) in [5.41, 5.74) is 0.657. The zero-order valence-electron chi connectivity index (χ0n) is 17.1. The van der Waals surface area contributed by atoms with Crippen molar-refractivity contribution in [1.29, 1.82) is 0 Å². The van der Waals surface area contributed by atoms with Crippen molar-refractivity contribution in [3.63, 3.8) is 0 Å². The molecule has 0 atom stereocenters. The minimum atomic E-state index is -3.72. The van der Waals surface area contributed by atoms with Gasteiger partial charge in [0.2, 0.25) is 10.0 Å². The van der Waals surface area contributed by atoms with Crippen LogP contribution in [-0.2, 0) is 14.8 Å². The van der Waals surface area contributed by atoms with Gasteiger partial charge in [0.25, 0.3) is 0 Å². The average molecular weight is 447 g/mol. The maximum absolute atomic E-state index is 13.4. The molecule has 9 heteroatoms. The van der Waals surface area contributed by atoms with Crippen molar-refractivity contribution >= 4 is 32.6 Å². The molecule has 7 nitrogen and oxygen atoms in total. The van der Waals surface area contributed by atoms with Crippen LogP contribution in [0.2, 0.25) is 0 Å². The van der Waals surface area contributed by atoms with Crippen LogP contribution in [0.1, 0.15) is 23.7 Å². The van der Waals surface area contributed by atoms with E-state index >= 15 is 0 Å². The number of phenolic OH excluding ortho intramolecular Hbond substituents is 1. The molecule has 3 rings (SSSR count). The second-order valence-electron chi connectivity index (χ2n) is 6.78. The van der Waals surface area contributed by atoms with Crippen molar-refractivity contribution in [2.45, 2.75) is 13.3 Å². The lowest BCUT2D eigenvalue weighted by molar-refractivity contribution is 0.0528. The molecule has 0 bridgehead atoms. The van der Waals surface area contributed by atoms with E-state index in [1.54, 1.807) is 13.0 Å². The summed E-state index contributed by atoms with van der Waals surface area (Å²) in [6.45, 7) is 5.42. The third-order valence-corrected chi connectivity index (χ3v) is 5.76.